The Morgan fingerprint density at radius 3 is 2.50 bits per heavy atom. The molecule has 0 aliphatic carbocycles. The summed E-state index contributed by atoms with van der Waals surface area (Å²) in [6.07, 6.45) is 1.59. The van der Waals surface area contributed by atoms with Gasteiger partial charge in [0.2, 0.25) is 0 Å². The van der Waals surface area contributed by atoms with Crippen LogP contribution in [0.15, 0.2) is 42.6 Å². The van der Waals surface area contributed by atoms with Crippen molar-refractivity contribution in [1.82, 2.24) is 19.9 Å². The molecule has 0 aliphatic rings. The van der Waals surface area contributed by atoms with Crippen LogP contribution in [-0.2, 0) is 9.53 Å². The SMILES string of the molecule is CCN(C)CCC(C)c1nccc(-c2nc3cc(C)c(C(OC(C)(C)C)C(=O)O)c(-c4ccc(Cl)cc4)c3s2)n1. The number of aryl methyl sites for hydroxylation is 1. The van der Waals surface area contributed by atoms with E-state index in [2.05, 4.69) is 30.8 Å². The first-order valence-electron chi connectivity index (χ1n) is 13.5. The Hall–Kier alpha value is -2.91. The largest absolute Gasteiger partial charge is 0.479 e. The number of hydrogen-bond acceptors (Lipinski definition) is 7. The zero-order valence-corrected chi connectivity index (χ0v) is 25.7. The molecule has 0 saturated heterocycles. The summed E-state index contributed by atoms with van der Waals surface area (Å²) in [6.45, 7) is 13.8. The molecule has 1 N–H and O–H groups in total. The second-order valence-corrected chi connectivity index (χ2v) is 12.6. The van der Waals surface area contributed by atoms with E-state index in [1.165, 1.54) is 11.3 Å². The number of nitrogens with zero attached hydrogens (tertiary/aromatic N) is 4. The Kier molecular flexibility index (Phi) is 9.25. The van der Waals surface area contributed by atoms with Gasteiger partial charge in [0.15, 0.2) is 6.10 Å². The van der Waals surface area contributed by atoms with E-state index in [9.17, 15) is 9.90 Å². The van der Waals surface area contributed by atoms with Crippen LogP contribution in [0.3, 0.4) is 0 Å². The van der Waals surface area contributed by atoms with Gasteiger partial charge in [-0.1, -0.05) is 37.6 Å². The van der Waals surface area contributed by atoms with Gasteiger partial charge >= 0.3 is 5.97 Å². The molecule has 4 aromatic rings. The molecule has 0 bridgehead atoms. The summed E-state index contributed by atoms with van der Waals surface area (Å²) in [5.41, 5.74) is 3.92. The van der Waals surface area contributed by atoms with Crippen LogP contribution in [0, 0.1) is 6.92 Å². The maximum atomic E-state index is 12.6. The number of benzene rings is 2. The predicted molar refractivity (Wildman–Crippen MR) is 163 cm³/mol. The van der Waals surface area contributed by atoms with Gasteiger partial charge in [0, 0.05) is 28.3 Å². The van der Waals surface area contributed by atoms with E-state index in [1.807, 2.05) is 64.1 Å². The van der Waals surface area contributed by atoms with Crippen LogP contribution < -0.4 is 0 Å². The third-order valence-electron chi connectivity index (χ3n) is 6.84. The number of aromatic nitrogens is 3. The minimum absolute atomic E-state index is 0.202. The molecule has 0 saturated carbocycles. The number of rotatable bonds is 10. The fraction of sp³-hybridized carbons (Fsp3) is 0.419. The molecule has 212 valence electrons. The van der Waals surface area contributed by atoms with E-state index in [0.29, 0.717) is 10.6 Å². The molecular formula is C31H37ClN4O3S. The third-order valence-corrected chi connectivity index (χ3v) is 8.20. The Bertz CT molecular complexity index is 1500. The summed E-state index contributed by atoms with van der Waals surface area (Å²) >= 11 is 7.71. The summed E-state index contributed by atoms with van der Waals surface area (Å²) in [4.78, 5) is 29.3. The molecule has 0 spiro atoms. The lowest BCUT2D eigenvalue weighted by molar-refractivity contribution is -0.160. The highest BCUT2D eigenvalue weighted by molar-refractivity contribution is 7.22. The summed E-state index contributed by atoms with van der Waals surface area (Å²) in [5, 5.41) is 11.6. The van der Waals surface area contributed by atoms with Crippen molar-refractivity contribution in [3.05, 3.63) is 64.6 Å². The highest BCUT2D eigenvalue weighted by Crippen LogP contribution is 2.44. The van der Waals surface area contributed by atoms with Crippen molar-refractivity contribution in [3.8, 4) is 21.8 Å². The van der Waals surface area contributed by atoms with Gasteiger partial charge in [0.1, 0.15) is 16.5 Å². The standard InChI is InChI=1S/C31H37ClN4O3S/c1-8-36(7)16-14-18(2)28-33-15-13-22(34-28)29-35-23-17-19(3)24(26(30(37)38)39-31(4,5)6)25(27(23)40-29)20-9-11-21(32)12-10-20/h9-13,15,17-18,26H,8,14,16H2,1-7H3,(H,37,38). The van der Waals surface area contributed by atoms with Gasteiger partial charge in [-0.25, -0.2) is 19.7 Å². The number of ether oxygens (including phenoxy) is 1. The average molecular weight is 581 g/mol. The maximum Gasteiger partial charge on any atom is 0.337 e. The van der Waals surface area contributed by atoms with Crippen molar-refractivity contribution in [1.29, 1.82) is 0 Å². The lowest BCUT2D eigenvalue weighted by Gasteiger charge is -2.28. The smallest absolute Gasteiger partial charge is 0.337 e. The number of carbonyl (C=O) groups is 1. The van der Waals surface area contributed by atoms with Crippen LogP contribution in [0.5, 0.6) is 0 Å². The van der Waals surface area contributed by atoms with E-state index in [4.69, 9.17) is 26.3 Å². The average Bonchev–Trinajstić information content (AvgIpc) is 3.33. The topological polar surface area (TPSA) is 88.4 Å². The van der Waals surface area contributed by atoms with Crippen molar-refractivity contribution < 1.29 is 14.6 Å². The number of halogens is 1. The summed E-state index contributed by atoms with van der Waals surface area (Å²) < 4.78 is 6.99. The highest BCUT2D eigenvalue weighted by atomic mass is 35.5. The fourth-order valence-electron chi connectivity index (χ4n) is 4.58. The van der Waals surface area contributed by atoms with Crippen LogP contribution in [0.25, 0.3) is 32.0 Å². The normalized spacial score (nSPS) is 13.6. The number of carboxylic acid groups (broad SMARTS) is 1. The molecule has 2 aromatic heterocycles. The lowest BCUT2D eigenvalue weighted by Crippen LogP contribution is -2.28. The van der Waals surface area contributed by atoms with E-state index in [1.54, 1.807) is 6.20 Å². The van der Waals surface area contributed by atoms with Gasteiger partial charge in [-0.05, 0) is 89.6 Å². The van der Waals surface area contributed by atoms with Crippen LogP contribution >= 0.6 is 22.9 Å². The predicted octanol–water partition coefficient (Wildman–Crippen LogP) is 7.77. The fourth-order valence-corrected chi connectivity index (χ4v) is 5.80. The Morgan fingerprint density at radius 2 is 1.88 bits per heavy atom. The molecule has 40 heavy (non-hydrogen) atoms. The quantitative estimate of drug-likeness (QED) is 0.205. The van der Waals surface area contributed by atoms with E-state index in [-0.39, 0.29) is 5.92 Å². The van der Waals surface area contributed by atoms with E-state index >= 15 is 0 Å². The van der Waals surface area contributed by atoms with Gasteiger partial charge in [0.25, 0.3) is 0 Å². The van der Waals surface area contributed by atoms with Crippen LogP contribution in [0.1, 0.15) is 70.0 Å². The summed E-state index contributed by atoms with van der Waals surface area (Å²) in [5.74, 6) is -0.0475. The first-order chi connectivity index (χ1) is 18.9. The lowest BCUT2D eigenvalue weighted by atomic mass is 9.91. The Morgan fingerprint density at radius 1 is 1.18 bits per heavy atom. The van der Waals surface area contributed by atoms with E-state index < -0.39 is 17.7 Å². The van der Waals surface area contributed by atoms with Gasteiger partial charge in [-0.3, -0.25) is 0 Å². The van der Waals surface area contributed by atoms with Crippen molar-refractivity contribution in [2.45, 2.75) is 65.6 Å². The second-order valence-electron chi connectivity index (χ2n) is 11.2. The highest BCUT2D eigenvalue weighted by Gasteiger charge is 2.32. The molecule has 7 nitrogen and oxygen atoms in total. The first-order valence-corrected chi connectivity index (χ1v) is 14.7. The maximum absolute atomic E-state index is 12.6. The monoisotopic (exact) mass is 580 g/mol. The molecular weight excluding hydrogens is 544 g/mol. The van der Waals surface area contributed by atoms with Crippen molar-refractivity contribution in [3.63, 3.8) is 0 Å². The number of thiazole rings is 1. The number of aliphatic carboxylic acids is 1. The summed E-state index contributed by atoms with van der Waals surface area (Å²) in [7, 11) is 2.11. The second kappa shape index (κ2) is 12.3. The molecule has 2 atom stereocenters. The molecule has 4 rings (SSSR count). The molecule has 9 heteroatoms. The number of fused-ring (bicyclic) bond motifs is 1. The molecule has 2 heterocycles. The third kappa shape index (κ3) is 6.86. The Labute approximate surface area is 245 Å². The number of carboxylic acids is 1. The van der Waals surface area contributed by atoms with Gasteiger partial charge in [-0.2, -0.15) is 0 Å². The van der Waals surface area contributed by atoms with E-state index in [0.717, 1.165) is 62.9 Å². The summed E-state index contributed by atoms with van der Waals surface area (Å²) in [6, 6.07) is 11.3. The zero-order valence-electron chi connectivity index (χ0n) is 24.2. The minimum atomic E-state index is -1.16. The minimum Gasteiger partial charge on any atom is -0.479 e. The molecule has 2 aromatic carbocycles. The van der Waals surface area contributed by atoms with Crippen LogP contribution in [-0.4, -0.2) is 56.7 Å². The zero-order chi connectivity index (χ0) is 29.2. The van der Waals surface area contributed by atoms with Crippen LogP contribution in [0.4, 0.5) is 0 Å². The molecule has 0 radical (unpaired) electrons. The van der Waals surface area contributed by atoms with Crippen LogP contribution in [0.2, 0.25) is 5.02 Å². The van der Waals surface area contributed by atoms with Gasteiger partial charge in [0.05, 0.1) is 15.8 Å². The first kappa shape index (κ1) is 30.1. The molecule has 2 unspecified atom stereocenters. The molecule has 0 aliphatic heterocycles. The van der Waals surface area contributed by atoms with Crippen molar-refractivity contribution in [2.75, 3.05) is 20.1 Å². The number of hydrogen-bond donors (Lipinski definition) is 1. The van der Waals surface area contributed by atoms with Gasteiger partial charge in [-0.15, -0.1) is 11.3 Å². The van der Waals surface area contributed by atoms with Crippen molar-refractivity contribution in [2.24, 2.45) is 0 Å². The molecule has 0 fully saturated rings. The van der Waals surface area contributed by atoms with Gasteiger partial charge < -0.3 is 14.7 Å². The van der Waals surface area contributed by atoms with Crippen molar-refractivity contribution >= 4 is 39.1 Å². The molecule has 0 amide bonds. The Balaban J connectivity index is 1.87.